The highest BCUT2D eigenvalue weighted by atomic mass is 32.2. The summed E-state index contributed by atoms with van der Waals surface area (Å²) in [6.07, 6.45) is 7.40. The number of sulfone groups is 1. The first-order valence-corrected chi connectivity index (χ1v) is 13.3. The van der Waals surface area contributed by atoms with Crippen molar-refractivity contribution in [3.63, 3.8) is 0 Å². The Balaban J connectivity index is 1.73. The normalized spacial score (nSPS) is 19.2. The van der Waals surface area contributed by atoms with Crippen LogP contribution in [0.2, 0.25) is 0 Å². The molecule has 0 radical (unpaired) electrons. The Bertz CT molecular complexity index is 1360. The van der Waals surface area contributed by atoms with E-state index in [-0.39, 0.29) is 11.3 Å². The molecule has 2 aliphatic rings. The summed E-state index contributed by atoms with van der Waals surface area (Å²) in [5.74, 6) is 0.00220. The van der Waals surface area contributed by atoms with E-state index in [1.807, 2.05) is 24.5 Å². The number of aromatic amines is 1. The predicted molar refractivity (Wildman–Crippen MR) is 129 cm³/mol. The van der Waals surface area contributed by atoms with Crippen molar-refractivity contribution >= 4 is 26.4 Å². The fourth-order valence-corrected chi connectivity index (χ4v) is 6.16. The van der Waals surface area contributed by atoms with Gasteiger partial charge in [0.1, 0.15) is 5.52 Å². The number of H-pyrrole nitrogens is 1. The van der Waals surface area contributed by atoms with Crippen molar-refractivity contribution in [1.82, 2.24) is 14.5 Å². The molecule has 3 aromatic rings. The van der Waals surface area contributed by atoms with E-state index in [9.17, 15) is 13.2 Å². The Morgan fingerprint density at radius 2 is 2.03 bits per heavy atom. The van der Waals surface area contributed by atoms with Gasteiger partial charge in [-0.05, 0) is 49.2 Å². The van der Waals surface area contributed by atoms with Gasteiger partial charge in [-0.2, -0.15) is 0 Å². The smallest absolute Gasteiger partial charge is 0.274 e. The topological polar surface area (TPSA) is 78.4 Å². The first kappa shape index (κ1) is 21.3. The molecule has 0 aliphatic carbocycles. The molecule has 0 spiro atoms. The second kappa shape index (κ2) is 7.78. The maximum Gasteiger partial charge on any atom is 0.274 e. The molecule has 5 rings (SSSR count). The Morgan fingerprint density at radius 3 is 2.78 bits per heavy atom. The van der Waals surface area contributed by atoms with Crippen molar-refractivity contribution in [2.45, 2.75) is 38.1 Å². The fraction of sp³-hybridized carbons (Fsp3) is 0.458. The standard InChI is InChI=1S/C24H30N4O3S/c1-4-27-9-5-6-18(13-27)28-12-17-11-25-23-22(17)20(14-26(2)24(23)29)19-10-16(7-8-21(19)28)15-32(3,30)31/h7-8,10-11,14,18,25H,4-6,9,12-13,15H2,1-3H3. The molecule has 32 heavy (non-hydrogen) atoms. The summed E-state index contributed by atoms with van der Waals surface area (Å²) in [4.78, 5) is 21.0. The number of piperidine rings is 1. The number of aromatic nitrogens is 2. The summed E-state index contributed by atoms with van der Waals surface area (Å²) < 4.78 is 25.6. The van der Waals surface area contributed by atoms with Gasteiger partial charge in [0.15, 0.2) is 9.84 Å². The third kappa shape index (κ3) is 3.65. The van der Waals surface area contributed by atoms with Crippen LogP contribution in [-0.2, 0) is 29.2 Å². The quantitative estimate of drug-likeness (QED) is 0.656. The number of hydrogen-bond donors (Lipinski definition) is 1. The van der Waals surface area contributed by atoms with E-state index in [4.69, 9.17) is 0 Å². The van der Waals surface area contributed by atoms with Crippen molar-refractivity contribution in [3.05, 3.63) is 52.1 Å². The van der Waals surface area contributed by atoms with Gasteiger partial charge >= 0.3 is 0 Å². The molecule has 4 heterocycles. The molecule has 1 atom stereocenters. The van der Waals surface area contributed by atoms with Crippen LogP contribution in [0.15, 0.2) is 35.4 Å². The highest BCUT2D eigenvalue weighted by Crippen LogP contribution is 2.42. The van der Waals surface area contributed by atoms with E-state index < -0.39 is 9.84 Å². The molecule has 0 saturated carbocycles. The van der Waals surface area contributed by atoms with Crippen LogP contribution in [0.4, 0.5) is 5.69 Å². The maximum atomic E-state index is 12.8. The molecule has 1 aromatic carbocycles. The number of fused-ring (bicyclic) bond motifs is 2. The zero-order valence-corrected chi connectivity index (χ0v) is 19.7. The molecule has 1 saturated heterocycles. The van der Waals surface area contributed by atoms with Crippen LogP contribution in [-0.4, -0.2) is 54.8 Å². The third-order valence-corrected chi connectivity index (χ3v) is 7.74. The molecular formula is C24H30N4O3S. The Kier molecular flexibility index (Phi) is 5.17. The number of nitrogens with one attached hydrogen (secondary N) is 1. The number of pyridine rings is 1. The van der Waals surface area contributed by atoms with Gasteiger partial charge in [0.2, 0.25) is 0 Å². The van der Waals surface area contributed by atoms with Gasteiger partial charge in [0.25, 0.3) is 5.56 Å². The molecular weight excluding hydrogens is 424 g/mol. The van der Waals surface area contributed by atoms with E-state index in [2.05, 4.69) is 27.8 Å². The lowest BCUT2D eigenvalue weighted by atomic mass is 9.98. The van der Waals surface area contributed by atoms with Crippen LogP contribution >= 0.6 is 0 Å². The number of nitrogens with zero attached hydrogens (tertiary/aromatic N) is 3. The van der Waals surface area contributed by atoms with Gasteiger partial charge in [-0.1, -0.05) is 13.0 Å². The number of aryl methyl sites for hydroxylation is 1. The van der Waals surface area contributed by atoms with Gasteiger partial charge in [0, 0.05) is 67.0 Å². The minimum absolute atomic E-state index is 0.00220. The maximum absolute atomic E-state index is 12.8. The second-order valence-corrected chi connectivity index (χ2v) is 11.4. The average molecular weight is 455 g/mol. The summed E-state index contributed by atoms with van der Waals surface area (Å²) >= 11 is 0. The largest absolute Gasteiger partial charge is 0.362 e. The summed E-state index contributed by atoms with van der Waals surface area (Å²) in [7, 11) is -1.39. The highest BCUT2D eigenvalue weighted by Gasteiger charge is 2.31. The molecule has 1 N–H and O–H groups in total. The molecule has 0 bridgehead atoms. The van der Waals surface area contributed by atoms with Crippen LogP contribution in [0.5, 0.6) is 0 Å². The first-order chi connectivity index (χ1) is 15.2. The van der Waals surface area contributed by atoms with Crippen LogP contribution in [0.1, 0.15) is 30.9 Å². The number of benzene rings is 1. The van der Waals surface area contributed by atoms with E-state index >= 15 is 0 Å². The van der Waals surface area contributed by atoms with E-state index in [0.29, 0.717) is 11.6 Å². The third-order valence-electron chi connectivity index (χ3n) is 6.89. The van der Waals surface area contributed by atoms with Crippen molar-refractivity contribution in [1.29, 1.82) is 0 Å². The molecule has 7 nitrogen and oxygen atoms in total. The second-order valence-electron chi connectivity index (χ2n) is 9.26. The van der Waals surface area contributed by atoms with Crippen LogP contribution in [0.3, 0.4) is 0 Å². The van der Waals surface area contributed by atoms with Gasteiger partial charge in [0.05, 0.1) is 5.75 Å². The number of hydrogen-bond acceptors (Lipinski definition) is 5. The molecule has 1 unspecified atom stereocenters. The number of rotatable bonds is 4. The van der Waals surface area contributed by atoms with Crippen LogP contribution < -0.4 is 10.5 Å². The minimum atomic E-state index is -3.16. The van der Waals surface area contributed by atoms with E-state index in [1.165, 1.54) is 6.26 Å². The number of anilines is 1. The lowest BCUT2D eigenvalue weighted by molar-refractivity contribution is 0.212. The van der Waals surface area contributed by atoms with Gasteiger partial charge in [-0.3, -0.25) is 4.79 Å². The Hall–Kier alpha value is -2.58. The first-order valence-electron chi connectivity index (χ1n) is 11.2. The average Bonchev–Trinajstić information content (AvgIpc) is 3.12. The minimum Gasteiger partial charge on any atom is -0.362 e. The molecule has 0 amide bonds. The number of likely N-dealkylation sites (N-methyl/N-ethyl adjacent to an activating group) is 1. The SMILES string of the molecule is CCN1CCCC(N2Cc3c[nH]c4c(=O)n(C)cc(c34)-c3cc(CS(C)(=O)=O)ccc32)C1. The zero-order valence-electron chi connectivity index (χ0n) is 18.9. The number of likely N-dealkylation sites (tertiary alicyclic amines) is 1. The van der Waals surface area contributed by atoms with Crippen LogP contribution in [0, 0.1) is 0 Å². The van der Waals surface area contributed by atoms with Crippen molar-refractivity contribution in [2.24, 2.45) is 7.05 Å². The van der Waals surface area contributed by atoms with E-state index in [0.717, 1.165) is 72.3 Å². The lowest BCUT2D eigenvalue weighted by Crippen LogP contribution is -2.47. The summed E-state index contributed by atoms with van der Waals surface area (Å²) in [5, 5.41) is 0.955. The highest BCUT2D eigenvalue weighted by molar-refractivity contribution is 7.89. The van der Waals surface area contributed by atoms with Crippen molar-refractivity contribution in [3.8, 4) is 11.1 Å². The van der Waals surface area contributed by atoms with Crippen molar-refractivity contribution < 1.29 is 8.42 Å². The van der Waals surface area contributed by atoms with Gasteiger partial charge in [-0.15, -0.1) is 0 Å². The Morgan fingerprint density at radius 1 is 1.22 bits per heavy atom. The van der Waals surface area contributed by atoms with Crippen molar-refractivity contribution in [2.75, 3.05) is 30.8 Å². The molecule has 8 heteroatoms. The summed E-state index contributed by atoms with van der Waals surface area (Å²) in [5.41, 5.74) is 5.54. The van der Waals surface area contributed by atoms with Crippen LogP contribution in [0.25, 0.3) is 22.0 Å². The molecule has 1 fully saturated rings. The summed E-state index contributed by atoms with van der Waals surface area (Å²) in [6, 6.07) is 6.38. The lowest BCUT2D eigenvalue weighted by Gasteiger charge is -2.40. The monoisotopic (exact) mass is 454 g/mol. The summed E-state index contributed by atoms with van der Waals surface area (Å²) in [6.45, 7) is 6.10. The molecule has 170 valence electrons. The fourth-order valence-electron chi connectivity index (χ4n) is 5.37. The van der Waals surface area contributed by atoms with Gasteiger partial charge in [-0.25, -0.2) is 8.42 Å². The molecule has 2 aromatic heterocycles. The van der Waals surface area contributed by atoms with E-state index in [1.54, 1.807) is 11.6 Å². The predicted octanol–water partition coefficient (Wildman–Crippen LogP) is 2.88. The molecule has 2 aliphatic heterocycles. The zero-order chi connectivity index (χ0) is 22.6. The Labute approximate surface area is 188 Å². The van der Waals surface area contributed by atoms with Gasteiger partial charge < -0.3 is 19.4 Å².